The molecule has 4 nitrogen and oxygen atoms in total. The Hall–Kier alpha value is -2.89. The maximum absolute atomic E-state index is 13.4. The number of carbonyl (C=O) groups is 1. The summed E-state index contributed by atoms with van der Waals surface area (Å²) in [6.45, 7) is 0. The van der Waals surface area contributed by atoms with E-state index in [2.05, 4.69) is 5.32 Å². The number of para-hydroxylation sites is 2. The van der Waals surface area contributed by atoms with Crippen molar-refractivity contribution in [3.63, 3.8) is 0 Å². The van der Waals surface area contributed by atoms with Crippen LogP contribution in [0.1, 0.15) is 22.1 Å². The molecule has 1 amide bonds. The monoisotopic (exact) mass is 391 g/mol. The van der Waals surface area contributed by atoms with Crippen LogP contribution < -0.4 is 10.2 Å². The lowest BCUT2D eigenvalue weighted by atomic mass is 10.0. The fourth-order valence-electron chi connectivity index (χ4n) is 3.29. The molecule has 1 unspecified atom stereocenters. The molecule has 1 aliphatic heterocycles. The fourth-order valence-corrected chi connectivity index (χ4v) is 4.41. The van der Waals surface area contributed by atoms with Gasteiger partial charge in [0.2, 0.25) is 0 Å². The van der Waals surface area contributed by atoms with Crippen molar-refractivity contribution in [1.29, 1.82) is 0 Å². The Balaban J connectivity index is 1.68. The van der Waals surface area contributed by atoms with E-state index in [1.807, 2.05) is 72.8 Å². The standard InChI is InChI=1S/C21H14ClN3OS/c22-14-11-9-13(10-12-14)19-23-16-6-2-1-5-15(16)20(26)25(19)21-24-17-7-3-4-8-18(17)27-21/h1-12,19,23H. The third-order valence-electron chi connectivity index (χ3n) is 4.60. The van der Waals surface area contributed by atoms with Gasteiger partial charge in [0.25, 0.3) is 5.91 Å². The summed E-state index contributed by atoms with van der Waals surface area (Å²) >= 11 is 7.57. The molecule has 0 spiro atoms. The third kappa shape index (κ3) is 2.76. The number of hydrogen-bond donors (Lipinski definition) is 1. The predicted molar refractivity (Wildman–Crippen MR) is 111 cm³/mol. The van der Waals surface area contributed by atoms with E-state index in [9.17, 15) is 4.79 Å². The Morgan fingerprint density at radius 3 is 2.52 bits per heavy atom. The van der Waals surface area contributed by atoms with Gasteiger partial charge in [0.05, 0.1) is 15.8 Å². The Morgan fingerprint density at radius 1 is 0.963 bits per heavy atom. The van der Waals surface area contributed by atoms with E-state index in [0.29, 0.717) is 15.7 Å². The van der Waals surface area contributed by atoms with Gasteiger partial charge in [-0.3, -0.25) is 9.69 Å². The van der Waals surface area contributed by atoms with Gasteiger partial charge in [-0.1, -0.05) is 59.3 Å². The normalized spacial score (nSPS) is 16.3. The quantitative estimate of drug-likeness (QED) is 0.475. The van der Waals surface area contributed by atoms with E-state index in [0.717, 1.165) is 21.5 Å². The van der Waals surface area contributed by atoms with Crippen molar-refractivity contribution in [3.05, 3.63) is 88.9 Å². The molecule has 6 heteroatoms. The van der Waals surface area contributed by atoms with Gasteiger partial charge in [-0.15, -0.1) is 0 Å². The molecule has 0 fully saturated rings. The zero-order valence-electron chi connectivity index (χ0n) is 14.1. The zero-order chi connectivity index (χ0) is 18.4. The molecule has 0 saturated heterocycles. The average Bonchev–Trinajstić information content (AvgIpc) is 3.12. The second-order valence-corrected chi connectivity index (χ2v) is 7.73. The maximum Gasteiger partial charge on any atom is 0.264 e. The summed E-state index contributed by atoms with van der Waals surface area (Å²) in [6, 6.07) is 23.0. The van der Waals surface area contributed by atoms with Crippen LogP contribution in [0.4, 0.5) is 10.8 Å². The number of hydrogen-bond acceptors (Lipinski definition) is 4. The van der Waals surface area contributed by atoms with Crippen LogP contribution in [0.5, 0.6) is 0 Å². The van der Waals surface area contributed by atoms with Crippen LogP contribution in [0.2, 0.25) is 5.02 Å². The van der Waals surface area contributed by atoms with Crippen molar-refractivity contribution >= 4 is 49.9 Å². The summed E-state index contributed by atoms with van der Waals surface area (Å²) in [7, 11) is 0. The number of amides is 1. The van der Waals surface area contributed by atoms with Crippen molar-refractivity contribution in [2.75, 3.05) is 10.2 Å². The second-order valence-electron chi connectivity index (χ2n) is 6.28. The summed E-state index contributed by atoms with van der Waals surface area (Å²) in [5.74, 6) is -0.0663. The molecule has 2 heterocycles. The minimum Gasteiger partial charge on any atom is -0.360 e. The number of rotatable bonds is 2. The molecule has 5 rings (SSSR count). The van der Waals surface area contributed by atoms with Gasteiger partial charge < -0.3 is 5.32 Å². The Bertz CT molecular complexity index is 1120. The first-order chi connectivity index (χ1) is 13.2. The number of nitrogens with zero attached hydrogens (tertiary/aromatic N) is 2. The SMILES string of the molecule is O=C1c2ccccc2NC(c2ccc(Cl)cc2)N1c1nc2ccccc2s1. The van der Waals surface area contributed by atoms with Gasteiger partial charge in [-0.05, 0) is 42.0 Å². The number of aromatic nitrogens is 1. The highest BCUT2D eigenvalue weighted by Gasteiger charge is 2.35. The van der Waals surface area contributed by atoms with E-state index >= 15 is 0 Å². The second kappa shape index (κ2) is 6.37. The highest BCUT2D eigenvalue weighted by Crippen LogP contribution is 2.39. The lowest BCUT2D eigenvalue weighted by Crippen LogP contribution is -2.43. The van der Waals surface area contributed by atoms with E-state index < -0.39 is 0 Å². The minimum absolute atomic E-state index is 0.0663. The van der Waals surface area contributed by atoms with Gasteiger partial charge in [0.15, 0.2) is 5.13 Å². The maximum atomic E-state index is 13.4. The largest absolute Gasteiger partial charge is 0.360 e. The number of thiazole rings is 1. The van der Waals surface area contributed by atoms with Crippen LogP contribution in [0, 0.1) is 0 Å². The highest BCUT2D eigenvalue weighted by molar-refractivity contribution is 7.22. The molecule has 27 heavy (non-hydrogen) atoms. The van der Waals surface area contributed by atoms with Crippen molar-refractivity contribution in [2.45, 2.75) is 6.17 Å². The van der Waals surface area contributed by atoms with Gasteiger partial charge in [-0.25, -0.2) is 4.98 Å². The number of halogens is 1. The fraction of sp³-hybridized carbons (Fsp3) is 0.0476. The predicted octanol–water partition coefficient (Wildman–Crippen LogP) is 5.72. The third-order valence-corrected chi connectivity index (χ3v) is 5.89. The number of fused-ring (bicyclic) bond motifs is 2. The molecule has 0 aliphatic carbocycles. The van der Waals surface area contributed by atoms with Crippen LogP contribution in [-0.2, 0) is 0 Å². The average molecular weight is 392 g/mol. The number of carbonyl (C=O) groups excluding carboxylic acids is 1. The van der Waals surface area contributed by atoms with E-state index in [4.69, 9.17) is 16.6 Å². The summed E-state index contributed by atoms with van der Waals surface area (Å²) < 4.78 is 1.05. The van der Waals surface area contributed by atoms with Crippen LogP contribution >= 0.6 is 22.9 Å². The van der Waals surface area contributed by atoms with Gasteiger partial charge in [0, 0.05) is 10.7 Å². The van der Waals surface area contributed by atoms with Crippen LogP contribution in [0.3, 0.4) is 0 Å². The van der Waals surface area contributed by atoms with Crippen LogP contribution in [0.15, 0.2) is 72.8 Å². The molecular weight excluding hydrogens is 378 g/mol. The van der Waals surface area contributed by atoms with Crippen molar-refractivity contribution in [3.8, 4) is 0 Å². The number of anilines is 2. The van der Waals surface area contributed by atoms with Crippen LogP contribution in [-0.4, -0.2) is 10.9 Å². The molecule has 0 saturated carbocycles. The molecule has 4 aromatic rings. The summed E-state index contributed by atoms with van der Waals surface area (Å²) in [5.41, 5.74) is 3.29. The molecule has 132 valence electrons. The molecule has 3 aromatic carbocycles. The first kappa shape index (κ1) is 16.3. The van der Waals surface area contributed by atoms with Crippen molar-refractivity contribution < 1.29 is 4.79 Å². The molecular formula is C21H14ClN3OS. The first-order valence-electron chi connectivity index (χ1n) is 8.51. The Kier molecular flexibility index (Phi) is 3.85. The van der Waals surface area contributed by atoms with Gasteiger partial charge in [-0.2, -0.15) is 0 Å². The summed E-state index contributed by atoms with van der Waals surface area (Å²) in [4.78, 5) is 19.8. The Morgan fingerprint density at radius 2 is 1.70 bits per heavy atom. The zero-order valence-corrected chi connectivity index (χ0v) is 15.7. The molecule has 1 atom stereocenters. The molecule has 1 N–H and O–H groups in total. The number of benzene rings is 3. The highest BCUT2D eigenvalue weighted by atomic mass is 35.5. The topological polar surface area (TPSA) is 45.2 Å². The smallest absolute Gasteiger partial charge is 0.264 e. The first-order valence-corrected chi connectivity index (χ1v) is 9.70. The van der Waals surface area contributed by atoms with Gasteiger partial charge in [0.1, 0.15) is 6.17 Å². The van der Waals surface area contributed by atoms with E-state index in [-0.39, 0.29) is 12.1 Å². The number of nitrogens with one attached hydrogen (secondary N) is 1. The molecule has 0 bridgehead atoms. The minimum atomic E-state index is -0.356. The van der Waals surface area contributed by atoms with E-state index in [1.54, 1.807) is 4.90 Å². The van der Waals surface area contributed by atoms with Crippen molar-refractivity contribution in [1.82, 2.24) is 4.98 Å². The lowest BCUT2D eigenvalue weighted by Gasteiger charge is -2.36. The van der Waals surface area contributed by atoms with Crippen molar-refractivity contribution in [2.24, 2.45) is 0 Å². The summed E-state index contributed by atoms with van der Waals surface area (Å²) in [6.07, 6.45) is -0.356. The van der Waals surface area contributed by atoms with E-state index in [1.165, 1.54) is 11.3 Å². The molecule has 0 radical (unpaired) electrons. The lowest BCUT2D eigenvalue weighted by molar-refractivity contribution is 0.0975. The van der Waals surface area contributed by atoms with Gasteiger partial charge >= 0.3 is 0 Å². The Labute approximate surface area is 165 Å². The summed E-state index contributed by atoms with van der Waals surface area (Å²) in [5, 5.41) is 4.81. The molecule has 1 aliphatic rings. The van der Waals surface area contributed by atoms with Crippen LogP contribution in [0.25, 0.3) is 10.2 Å². The molecule has 1 aromatic heterocycles.